The molecule has 0 heterocycles. The summed E-state index contributed by atoms with van der Waals surface area (Å²) in [6, 6.07) is 0. The predicted octanol–water partition coefficient (Wildman–Crippen LogP) is 0.729. The van der Waals surface area contributed by atoms with Crippen molar-refractivity contribution in [2.45, 2.75) is 25.7 Å². The second-order valence-corrected chi connectivity index (χ2v) is 5.83. The van der Waals surface area contributed by atoms with Crippen molar-refractivity contribution in [1.82, 2.24) is 0 Å². The first kappa shape index (κ1) is 19.3. The Morgan fingerprint density at radius 2 is 1.50 bits per heavy atom. The number of carbonyl (C=O) groups excluding carboxylic acids is 1. The third-order valence-electron chi connectivity index (χ3n) is 2.26. The van der Waals surface area contributed by atoms with Gasteiger partial charge < -0.3 is 14.2 Å². The Balaban J connectivity index is 3.12. The van der Waals surface area contributed by atoms with E-state index in [1.54, 1.807) is 0 Å². The van der Waals surface area contributed by atoms with Crippen LogP contribution in [0.5, 0.6) is 0 Å². The minimum atomic E-state index is -3.32. The van der Waals surface area contributed by atoms with Crippen LogP contribution in [0.1, 0.15) is 25.7 Å². The fraction of sp³-hybridized carbons (Fsp3) is 0.917. The zero-order valence-electron chi connectivity index (χ0n) is 12.1. The highest BCUT2D eigenvalue weighted by molar-refractivity contribution is 7.85. The molecule has 0 aliphatic heterocycles. The summed E-state index contributed by atoms with van der Waals surface area (Å²) in [4.78, 5) is 10.7. The lowest BCUT2D eigenvalue weighted by molar-refractivity contribution is -0.146. The van der Waals surface area contributed by atoms with Crippen molar-refractivity contribution in [1.29, 1.82) is 0 Å². The normalized spacial score (nSPS) is 11.5. The summed E-state index contributed by atoms with van der Waals surface area (Å²) in [5.41, 5.74) is 0. The average Bonchev–Trinajstić information content (AvgIpc) is 2.38. The molecule has 0 bridgehead atoms. The maximum Gasteiger partial charge on any atom is 0.331 e. The molecular weight excluding hydrogens is 288 g/mol. The van der Waals surface area contributed by atoms with E-state index in [-0.39, 0.29) is 19.2 Å². The smallest absolute Gasteiger partial charge is 0.331 e. The molecule has 0 atom stereocenters. The zero-order chi connectivity index (χ0) is 15.3. The van der Waals surface area contributed by atoms with Gasteiger partial charge in [-0.25, -0.2) is 4.79 Å². The van der Waals surface area contributed by atoms with E-state index in [1.165, 1.54) is 7.11 Å². The number of hydrogen-bond donors (Lipinski definition) is 0. The molecule has 0 spiro atoms. The molecule has 0 N–H and O–H groups in total. The Hall–Kier alpha value is -0.700. The van der Waals surface area contributed by atoms with Crippen LogP contribution < -0.4 is 0 Å². The molecule has 8 heteroatoms. The largest absolute Gasteiger partial charge is 0.467 e. The lowest BCUT2D eigenvalue weighted by Crippen LogP contribution is -2.11. The van der Waals surface area contributed by atoms with Crippen molar-refractivity contribution >= 4 is 16.1 Å². The molecule has 0 aromatic rings. The predicted molar refractivity (Wildman–Crippen MR) is 72.9 cm³/mol. The summed E-state index contributed by atoms with van der Waals surface area (Å²) in [7, 11) is -2.01. The van der Waals surface area contributed by atoms with Gasteiger partial charge >= 0.3 is 5.97 Å². The summed E-state index contributed by atoms with van der Waals surface area (Å²) >= 11 is 0. The van der Waals surface area contributed by atoms with Crippen LogP contribution in [0.2, 0.25) is 0 Å². The van der Waals surface area contributed by atoms with Gasteiger partial charge in [0.05, 0.1) is 20.0 Å². The number of hydrogen-bond acceptors (Lipinski definition) is 7. The lowest BCUT2D eigenvalue weighted by Gasteiger charge is -2.05. The van der Waals surface area contributed by atoms with Crippen LogP contribution in [0.25, 0.3) is 0 Å². The summed E-state index contributed by atoms with van der Waals surface area (Å²) < 4.78 is 40.8. The Kier molecular flexibility index (Phi) is 11.6. The van der Waals surface area contributed by atoms with Gasteiger partial charge in [-0.3, -0.25) is 4.18 Å². The standard InChI is InChI=1S/C12H24O7S/c1-16-12(13)11-18-9-6-8-17-7-4-3-5-10-19-20(2,14)15/h3-11H2,1-2H3. The zero-order valence-corrected chi connectivity index (χ0v) is 12.9. The molecule has 0 aliphatic carbocycles. The molecule has 0 aromatic heterocycles. The van der Waals surface area contributed by atoms with E-state index in [1.807, 2.05) is 0 Å². The molecule has 0 aromatic carbocycles. The van der Waals surface area contributed by atoms with Gasteiger partial charge in [0.1, 0.15) is 6.61 Å². The fourth-order valence-corrected chi connectivity index (χ4v) is 1.69. The van der Waals surface area contributed by atoms with Crippen LogP contribution in [0.3, 0.4) is 0 Å². The molecule has 0 amide bonds. The van der Waals surface area contributed by atoms with Gasteiger partial charge in [0.25, 0.3) is 10.1 Å². The third-order valence-corrected chi connectivity index (χ3v) is 2.85. The lowest BCUT2D eigenvalue weighted by atomic mass is 10.2. The second-order valence-electron chi connectivity index (χ2n) is 4.18. The number of methoxy groups -OCH3 is 1. The van der Waals surface area contributed by atoms with E-state index in [0.717, 1.165) is 19.1 Å². The first-order valence-corrected chi connectivity index (χ1v) is 8.34. The molecule has 0 saturated heterocycles. The van der Waals surface area contributed by atoms with Crippen LogP contribution in [0, 0.1) is 0 Å². The molecular formula is C12H24O7S. The van der Waals surface area contributed by atoms with Crippen LogP contribution in [0.4, 0.5) is 0 Å². The number of rotatable bonds is 13. The highest BCUT2D eigenvalue weighted by Crippen LogP contribution is 1.99. The average molecular weight is 312 g/mol. The molecule has 0 rings (SSSR count). The van der Waals surface area contributed by atoms with Gasteiger partial charge in [0.15, 0.2) is 0 Å². The maximum absolute atomic E-state index is 10.7. The van der Waals surface area contributed by atoms with Crippen molar-refractivity contribution in [3.63, 3.8) is 0 Å². The molecule has 0 fully saturated rings. The van der Waals surface area contributed by atoms with E-state index in [4.69, 9.17) is 9.47 Å². The van der Waals surface area contributed by atoms with Crippen LogP contribution >= 0.6 is 0 Å². The Morgan fingerprint density at radius 1 is 0.900 bits per heavy atom. The Labute approximate surface area is 120 Å². The molecule has 0 saturated carbocycles. The first-order chi connectivity index (χ1) is 9.45. The summed E-state index contributed by atoms with van der Waals surface area (Å²) in [6.45, 7) is 1.84. The van der Waals surface area contributed by atoms with E-state index in [0.29, 0.717) is 32.7 Å². The molecule has 0 unspecified atom stereocenters. The summed E-state index contributed by atoms with van der Waals surface area (Å²) in [5.74, 6) is -0.387. The maximum atomic E-state index is 10.7. The topological polar surface area (TPSA) is 88.1 Å². The Morgan fingerprint density at radius 3 is 2.15 bits per heavy atom. The van der Waals surface area contributed by atoms with Gasteiger partial charge in [-0.2, -0.15) is 8.42 Å². The van der Waals surface area contributed by atoms with E-state index in [9.17, 15) is 13.2 Å². The quantitative estimate of drug-likeness (QED) is 0.281. The summed E-state index contributed by atoms with van der Waals surface area (Å²) in [6.07, 6.45) is 4.16. The Bertz CT molecular complexity index is 340. The monoisotopic (exact) mass is 312 g/mol. The summed E-state index contributed by atoms with van der Waals surface area (Å²) in [5, 5.41) is 0. The van der Waals surface area contributed by atoms with Gasteiger partial charge in [0.2, 0.25) is 0 Å². The molecule has 120 valence electrons. The SMILES string of the molecule is COC(=O)COCCCOCCCCCOS(C)(=O)=O. The highest BCUT2D eigenvalue weighted by Gasteiger charge is 2.00. The highest BCUT2D eigenvalue weighted by atomic mass is 32.2. The van der Waals surface area contributed by atoms with Crippen LogP contribution in [-0.4, -0.2) is 60.8 Å². The minimum absolute atomic E-state index is 0.0309. The first-order valence-electron chi connectivity index (χ1n) is 6.52. The third kappa shape index (κ3) is 15.4. The van der Waals surface area contributed by atoms with Crippen molar-refractivity contribution in [3.05, 3.63) is 0 Å². The number of unbranched alkanes of at least 4 members (excludes halogenated alkanes) is 2. The van der Waals surface area contributed by atoms with Gasteiger partial charge in [-0.15, -0.1) is 0 Å². The molecule has 7 nitrogen and oxygen atoms in total. The number of carbonyl (C=O) groups is 1. The number of ether oxygens (including phenoxy) is 3. The van der Waals surface area contributed by atoms with E-state index < -0.39 is 10.1 Å². The minimum Gasteiger partial charge on any atom is -0.467 e. The van der Waals surface area contributed by atoms with Gasteiger partial charge in [0, 0.05) is 19.8 Å². The second kappa shape index (κ2) is 12.1. The van der Waals surface area contributed by atoms with E-state index >= 15 is 0 Å². The van der Waals surface area contributed by atoms with E-state index in [2.05, 4.69) is 8.92 Å². The van der Waals surface area contributed by atoms with Gasteiger partial charge in [-0.1, -0.05) is 0 Å². The fourth-order valence-electron chi connectivity index (χ4n) is 1.27. The van der Waals surface area contributed by atoms with Crippen molar-refractivity contribution in [3.8, 4) is 0 Å². The molecule has 20 heavy (non-hydrogen) atoms. The molecule has 0 aliphatic rings. The molecule has 0 radical (unpaired) electrons. The van der Waals surface area contributed by atoms with Crippen LogP contribution in [-0.2, 0) is 33.3 Å². The number of esters is 1. The van der Waals surface area contributed by atoms with Crippen molar-refractivity contribution in [2.75, 3.05) is 46.4 Å². The van der Waals surface area contributed by atoms with Gasteiger partial charge in [-0.05, 0) is 25.7 Å². The van der Waals surface area contributed by atoms with Crippen molar-refractivity contribution in [2.24, 2.45) is 0 Å². The van der Waals surface area contributed by atoms with Crippen LogP contribution in [0.15, 0.2) is 0 Å². The van der Waals surface area contributed by atoms with Crippen molar-refractivity contribution < 1.29 is 31.6 Å².